The van der Waals surface area contributed by atoms with Crippen LogP contribution in [0, 0.1) is 6.92 Å². The summed E-state index contributed by atoms with van der Waals surface area (Å²) in [6.07, 6.45) is 1.65. The number of carbonyl (C=O) groups excluding carboxylic acids is 1. The molecule has 2 rings (SSSR count). The second-order valence-corrected chi connectivity index (χ2v) is 7.09. The molecule has 0 saturated carbocycles. The number of nitrogens with two attached hydrogens (primary N) is 1. The van der Waals surface area contributed by atoms with Crippen LogP contribution < -0.4 is 11.1 Å². The van der Waals surface area contributed by atoms with Crippen molar-refractivity contribution in [1.29, 1.82) is 0 Å². The largest absolute Gasteiger partial charge is 0.369 e. The third kappa shape index (κ3) is 3.33. The van der Waals surface area contributed by atoms with E-state index in [4.69, 9.17) is 17.3 Å². The zero-order valence-electron chi connectivity index (χ0n) is 11.6. The van der Waals surface area contributed by atoms with E-state index in [0.717, 1.165) is 10.2 Å². The quantitative estimate of drug-likeness (QED) is 0.836. The number of hydrogen-bond acceptors (Lipinski definition) is 6. The number of rotatable bonds is 4. The number of aryl methyl sites for hydroxylation is 1. The number of hydrogen-bond donors (Lipinski definition) is 2. The van der Waals surface area contributed by atoms with Gasteiger partial charge in [0.1, 0.15) is 10.0 Å². The molecular formula is C12H13BrClN5OS. The Morgan fingerprint density at radius 2 is 2.14 bits per heavy atom. The number of thiazole rings is 1. The van der Waals surface area contributed by atoms with E-state index in [2.05, 4.69) is 36.2 Å². The molecule has 0 fully saturated rings. The Morgan fingerprint density at radius 1 is 1.48 bits per heavy atom. The first-order valence-corrected chi connectivity index (χ1v) is 7.93. The summed E-state index contributed by atoms with van der Waals surface area (Å²) in [5, 5.41) is 4.37. The number of nitrogens with zero attached hydrogens (tertiary/aromatic N) is 3. The van der Waals surface area contributed by atoms with Crippen molar-refractivity contribution in [2.75, 3.05) is 5.32 Å². The van der Waals surface area contributed by atoms with E-state index >= 15 is 0 Å². The normalized spacial score (nSPS) is 11.5. The fourth-order valence-electron chi connectivity index (χ4n) is 1.37. The maximum absolute atomic E-state index is 11.5. The molecule has 0 spiro atoms. The highest BCUT2D eigenvalue weighted by Gasteiger charge is 2.32. The van der Waals surface area contributed by atoms with Crippen molar-refractivity contribution in [3.63, 3.8) is 0 Å². The summed E-state index contributed by atoms with van der Waals surface area (Å²) < 4.78 is 0.819. The standard InChI is InChI=1S/C12H13BrClN5OS/c1-5-6(13)4-16-11(17-5)19-8-7(14)18-10(21-8)12(2,3)9(15)20/h4H,1-3H3,(H2,15,20)(H,16,17,19). The molecule has 0 aliphatic rings. The second-order valence-electron chi connectivity index (χ2n) is 4.88. The van der Waals surface area contributed by atoms with E-state index in [1.54, 1.807) is 20.0 Å². The molecule has 0 aliphatic carbocycles. The van der Waals surface area contributed by atoms with Gasteiger partial charge in [-0.25, -0.2) is 15.0 Å². The smallest absolute Gasteiger partial charge is 0.229 e. The molecule has 1 amide bonds. The molecule has 21 heavy (non-hydrogen) atoms. The highest BCUT2D eigenvalue weighted by atomic mass is 79.9. The Labute approximate surface area is 139 Å². The third-order valence-electron chi connectivity index (χ3n) is 2.88. The van der Waals surface area contributed by atoms with Crippen molar-refractivity contribution in [2.45, 2.75) is 26.2 Å². The number of carbonyl (C=O) groups is 1. The molecule has 2 aromatic rings. The number of primary amides is 1. The lowest BCUT2D eigenvalue weighted by Crippen LogP contribution is -2.35. The van der Waals surface area contributed by atoms with Gasteiger partial charge in [-0.2, -0.15) is 0 Å². The molecule has 112 valence electrons. The number of amides is 1. The second kappa shape index (κ2) is 5.86. The first-order valence-electron chi connectivity index (χ1n) is 5.94. The van der Waals surface area contributed by atoms with Crippen LogP contribution in [0.25, 0.3) is 0 Å². The molecule has 2 aromatic heterocycles. The van der Waals surface area contributed by atoms with Crippen LogP contribution in [0.3, 0.4) is 0 Å². The number of aromatic nitrogens is 3. The van der Waals surface area contributed by atoms with Gasteiger partial charge in [0.2, 0.25) is 11.9 Å². The van der Waals surface area contributed by atoms with E-state index in [1.165, 1.54) is 11.3 Å². The van der Waals surface area contributed by atoms with Gasteiger partial charge >= 0.3 is 0 Å². The van der Waals surface area contributed by atoms with Gasteiger partial charge < -0.3 is 11.1 Å². The summed E-state index contributed by atoms with van der Waals surface area (Å²) in [6, 6.07) is 0. The topological polar surface area (TPSA) is 93.8 Å². The molecule has 0 aromatic carbocycles. The Bertz CT molecular complexity index is 703. The first-order chi connectivity index (χ1) is 9.71. The van der Waals surface area contributed by atoms with Crippen LogP contribution in [0.5, 0.6) is 0 Å². The fraction of sp³-hybridized carbons (Fsp3) is 0.333. The maximum Gasteiger partial charge on any atom is 0.229 e. The molecule has 9 heteroatoms. The fourth-order valence-corrected chi connectivity index (χ4v) is 2.81. The van der Waals surface area contributed by atoms with Crippen molar-refractivity contribution < 1.29 is 4.79 Å². The number of nitrogens with one attached hydrogen (secondary N) is 1. The molecule has 0 radical (unpaired) electrons. The van der Waals surface area contributed by atoms with Crippen LogP contribution in [0.2, 0.25) is 5.15 Å². The number of halogens is 2. The van der Waals surface area contributed by atoms with E-state index in [9.17, 15) is 4.79 Å². The summed E-state index contributed by atoms with van der Waals surface area (Å²) in [6.45, 7) is 5.26. The van der Waals surface area contributed by atoms with Gasteiger partial charge in [0.05, 0.1) is 15.6 Å². The van der Waals surface area contributed by atoms with Crippen LogP contribution in [-0.4, -0.2) is 20.9 Å². The Balaban J connectivity index is 2.31. The van der Waals surface area contributed by atoms with Gasteiger partial charge in [-0.15, -0.1) is 0 Å². The average Bonchev–Trinajstić information content (AvgIpc) is 2.76. The summed E-state index contributed by atoms with van der Waals surface area (Å²) in [4.78, 5) is 24.1. The molecule has 2 heterocycles. The SMILES string of the molecule is Cc1nc(Nc2sc(C(C)(C)C(N)=O)nc2Cl)ncc1Br. The Hall–Kier alpha value is -1.25. The molecule has 0 unspecified atom stereocenters. The molecule has 6 nitrogen and oxygen atoms in total. The monoisotopic (exact) mass is 389 g/mol. The van der Waals surface area contributed by atoms with Crippen molar-refractivity contribution in [2.24, 2.45) is 5.73 Å². The zero-order chi connectivity index (χ0) is 15.8. The van der Waals surface area contributed by atoms with Crippen LogP contribution in [0.15, 0.2) is 10.7 Å². The lowest BCUT2D eigenvalue weighted by Gasteiger charge is -2.16. The molecule has 3 N–H and O–H groups in total. The van der Waals surface area contributed by atoms with Gasteiger partial charge in [-0.05, 0) is 36.7 Å². The van der Waals surface area contributed by atoms with Crippen molar-refractivity contribution in [3.05, 3.63) is 26.5 Å². The van der Waals surface area contributed by atoms with E-state index in [0.29, 0.717) is 16.0 Å². The third-order valence-corrected chi connectivity index (χ3v) is 5.34. The molecule has 0 atom stereocenters. The Kier molecular flexibility index (Phi) is 4.50. The minimum Gasteiger partial charge on any atom is -0.369 e. The van der Waals surface area contributed by atoms with Gasteiger partial charge in [-0.1, -0.05) is 22.9 Å². The van der Waals surface area contributed by atoms with Crippen molar-refractivity contribution in [1.82, 2.24) is 15.0 Å². The van der Waals surface area contributed by atoms with Gasteiger partial charge in [0, 0.05) is 6.20 Å². The van der Waals surface area contributed by atoms with Gasteiger partial charge in [0.15, 0.2) is 5.15 Å². The summed E-state index contributed by atoms with van der Waals surface area (Å²) in [7, 11) is 0. The van der Waals surface area contributed by atoms with E-state index < -0.39 is 11.3 Å². The van der Waals surface area contributed by atoms with Gasteiger partial charge in [0.25, 0.3) is 0 Å². The maximum atomic E-state index is 11.5. The van der Waals surface area contributed by atoms with Gasteiger partial charge in [-0.3, -0.25) is 4.79 Å². The highest BCUT2D eigenvalue weighted by molar-refractivity contribution is 9.10. The van der Waals surface area contributed by atoms with E-state index in [1.807, 2.05) is 6.92 Å². The summed E-state index contributed by atoms with van der Waals surface area (Å²) in [5.41, 5.74) is 5.30. The minimum absolute atomic E-state index is 0.258. The highest BCUT2D eigenvalue weighted by Crippen LogP contribution is 2.36. The van der Waals surface area contributed by atoms with Crippen molar-refractivity contribution >= 4 is 55.7 Å². The molecule has 0 aliphatic heterocycles. The molecular weight excluding hydrogens is 378 g/mol. The number of anilines is 2. The van der Waals surface area contributed by atoms with Crippen LogP contribution >= 0.6 is 38.9 Å². The predicted molar refractivity (Wildman–Crippen MR) is 87.1 cm³/mol. The molecule has 0 bridgehead atoms. The summed E-state index contributed by atoms with van der Waals surface area (Å²) in [5.74, 6) is -0.0557. The zero-order valence-corrected chi connectivity index (χ0v) is 14.7. The minimum atomic E-state index is -0.884. The average molecular weight is 391 g/mol. The van der Waals surface area contributed by atoms with Crippen LogP contribution in [0.4, 0.5) is 10.9 Å². The summed E-state index contributed by atoms with van der Waals surface area (Å²) >= 11 is 10.7. The van der Waals surface area contributed by atoms with E-state index in [-0.39, 0.29) is 5.15 Å². The lowest BCUT2D eigenvalue weighted by atomic mass is 9.94. The lowest BCUT2D eigenvalue weighted by molar-refractivity contribution is -0.122. The van der Waals surface area contributed by atoms with Crippen LogP contribution in [0.1, 0.15) is 24.5 Å². The van der Waals surface area contributed by atoms with Crippen molar-refractivity contribution in [3.8, 4) is 0 Å². The predicted octanol–water partition coefficient (Wildman–Crippen LogP) is 3.16. The van der Waals surface area contributed by atoms with Crippen LogP contribution in [-0.2, 0) is 10.2 Å². The molecule has 0 saturated heterocycles. The Morgan fingerprint density at radius 3 is 2.71 bits per heavy atom. The first kappa shape index (κ1) is 16.1.